The first-order valence-corrected chi connectivity index (χ1v) is 12.4. The van der Waals surface area contributed by atoms with Crippen molar-refractivity contribution in [1.29, 1.82) is 0 Å². The molecular weight excluding hydrogens is 452 g/mol. The minimum absolute atomic E-state index is 0.0817. The van der Waals surface area contributed by atoms with E-state index in [1.54, 1.807) is 15.9 Å². The molecule has 1 N–H and O–H groups in total. The predicted octanol–water partition coefficient (Wildman–Crippen LogP) is 3.15. The van der Waals surface area contributed by atoms with Crippen molar-refractivity contribution in [2.45, 2.75) is 11.3 Å². The Kier molecular flexibility index (Phi) is 6.33. The molecular formula is C25H28N4O4S. The minimum atomic E-state index is -3.67. The molecule has 2 amide bonds. The Morgan fingerprint density at radius 3 is 2.41 bits per heavy atom. The third kappa shape index (κ3) is 4.36. The maximum atomic E-state index is 13.2. The lowest BCUT2D eigenvalue weighted by molar-refractivity contribution is -0.122. The summed E-state index contributed by atoms with van der Waals surface area (Å²) in [5, 5.41) is 4.85. The molecule has 178 valence electrons. The second kappa shape index (κ2) is 9.08. The molecule has 1 atom stereocenters. The van der Waals surface area contributed by atoms with Crippen LogP contribution < -0.4 is 15.1 Å². The molecule has 9 heteroatoms. The number of hydrogen-bond acceptors (Lipinski definition) is 5. The molecule has 1 aliphatic heterocycles. The van der Waals surface area contributed by atoms with E-state index in [0.29, 0.717) is 11.4 Å². The largest absolute Gasteiger partial charge is 0.376 e. The first-order valence-electron chi connectivity index (χ1n) is 10.9. The number of sulfonamides is 1. The monoisotopic (exact) mass is 480 g/mol. The number of nitrogens with zero attached hydrogens (tertiary/aromatic N) is 3. The minimum Gasteiger partial charge on any atom is -0.376 e. The van der Waals surface area contributed by atoms with Gasteiger partial charge in [-0.3, -0.25) is 9.59 Å². The standard InChI is InChI=1S/C25H28N4O4S/c1-27(2)23-13-12-19(34(32,33)28(3)4)15-21(23)26-25(31)18-14-24(30)29(16-18)22-11-7-9-17-8-5-6-10-20(17)22/h5-13,15,18H,14,16H2,1-4H3,(H,26,31). The fourth-order valence-corrected chi connectivity index (χ4v) is 5.10. The van der Waals surface area contributed by atoms with Crippen LogP contribution in [0.3, 0.4) is 0 Å². The third-order valence-electron chi connectivity index (χ3n) is 6.04. The van der Waals surface area contributed by atoms with Gasteiger partial charge >= 0.3 is 0 Å². The van der Waals surface area contributed by atoms with Gasteiger partial charge in [0.25, 0.3) is 0 Å². The average Bonchev–Trinajstić information content (AvgIpc) is 3.19. The number of benzene rings is 3. The van der Waals surface area contributed by atoms with Crippen molar-refractivity contribution in [3.8, 4) is 0 Å². The van der Waals surface area contributed by atoms with Crippen molar-refractivity contribution >= 4 is 49.7 Å². The van der Waals surface area contributed by atoms with E-state index in [4.69, 9.17) is 0 Å². The summed E-state index contributed by atoms with van der Waals surface area (Å²) >= 11 is 0. The normalized spacial score (nSPS) is 16.3. The highest BCUT2D eigenvalue weighted by atomic mass is 32.2. The van der Waals surface area contributed by atoms with Gasteiger partial charge in [0, 0.05) is 46.5 Å². The number of carbonyl (C=O) groups excluding carboxylic acids is 2. The smallest absolute Gasteiger partial charge is 0.242 e. The summed E-state index contributed by atoms with van der Waals surface area (Å²) in [6.07, 6.45) is 0.0854. The van der Waals surface area contributed by atoms with Crippen LogP contribution in [0, 0.1) is 5.92 Å². The van der Waals surface area contributed by atoms with E-state index in [2.05, 4.69) is 5.32 Å². The molecule has 0 radical (unpaired) electrons. The zero-order valence-electron chi connectivity index (χ0n) is 19.6. The second-order valence-corrected chi connectivity index (χ2v) is 10.9. The fraction of sp³-hybridized carbons (Fsp3) is 0.280. The molecule has 34 heavy (non-hydrogen) atoms. The van der Waals surface area contributed by atoms with Gasteiger partial charge in [0.15, 0.2) is 0 Å². The molecule has 0 saturated carbocycles. The Morgan fingerprint density at radius 2 is 1.71 bits per heavy atom. The van der Waals surface area contributed by atoms with Crippen LogP contribution in [0.15, 0.2) is 65.6 Å². The number of carbonyl (C=O) groups is 2. The van der Waals surface area contributed by atoms with Crippen LogP contribution in [-0.4, -0.2) is 59.3 Å². The highest BCUT2D eigenvalue weighted by molar-refractivity contribution is 7.89. The van der Waals surface area contributed by atoms with Gasteiger partial charge in [0.1, 0.15) is 0 Å². The quantitative estimate of drug-likeness (QED) is 0.585. The van der Waals surface area contributed by atoms with Crippen LogP contribution in [0.1, 0.15) is 6.42 Å². The lowest BCUT2D eigenvalue weighted by Crippen LogP contribution is -2.29. The summed E-state index contributed by atoms with van der Waals surface area (Å²) in [7, 11) is 2.87. The number of rotatable bonds is 6. The second-order valence-electron chi connectivity index (χ2n) is 8.75. The first kappa shape index (κ1) is 23.7. The van der Waals surface area contributed by atoms with Crippen molar-refractivity contribution in [2.24, 2.45) is 5.92 Å². The van der Waals surface area contributed by atoms with Gasteiger partial charge in [0.2, 0.25) is 21.8 Å². The highest BCUT2D eigenvalue weighted by Gasteiger charge is 2.36. The van der Waals surface area contributed by atoms with E-state index in [0.717, 1.165) is 20.8 Å². The third-order valence-corrected chi connectivity index (χ3v) is 7.85. The van der Waals surface area contributed by atoms with E-state index in [-0.39, 0.29) is 29.7 Å². The van der Waals surface area contributed by atoms with E-state index in [1.165, 1.54) is 26.2 Å². The van der Waals surface area contributed by atoms with Crippen molar-refractivity contribution in [3.05, 3.63) is 60.7 Å². The first-order chi connectivity index (χ1) is 16.1. The number of hydrogen-bond donors (Lipinski definition) is 1. The molecule has 3 aromatic rings. The lowest BCUT2D eigenvalue weighted by atomic mass is 10.1. The number of nitrogens with one attached hydrogen (secondary N) is 1. The summed E-state index contributed by atoms with van der Waals surface area (Å²) in [5.74, 6) is -0.998. The zero-order valence-corrected chi connectivity index (χ0v) is 20.5. The average molecular weight is 481 g/mol. The van der Waals surface area contributed by atoms with Crippen LogP contribution in [0.2, 0.25) is 0 Å². The highest BCUT2D eigenvalue weighted by Crippen LogP contribution is 2.33. The molecule has 0 spiro atoms. The van der Waals surface area contributed by atoms with Gasteiger partial charge in [-0.2, -0.15) is 0 Å². The topological polar surface area (TPSA) is 90.0 Å². The van der Waals surface area contributed by atoms with Gasteiger partial charge in [-0.15, -0.1) is 0 Å². The summed E-state index contributed by atoms with van der Waals surface area (Å²) in [4.78, 5) is 29.6. The molecule has 1 saturated heterocycles. The summed E-state index contributed by atoms with van der Waals surface area (Å²) in [5.41, 5.74) is 1.83. The van der Waals surface area contributed by atoms with Crippen LogP contribution in [0.25, 0.3) is 10.8 Å². The Hall–Kier alpha value is -3.43. The molecule has 1 heterocycles. The van der Waals surface area contributed by atoms with E-state index >= 15 is 0 Å². The van der Waals surface area contributed by atoms with Crippen molar-refractivity contribution < 1.29 is 18.0 Å². The summed E-state index contributed by atoms with van der Waals surface area (Å²) < 4.78 is 26.3. The van der Waals surface area contributed by atoms with E-state index in [1.807, 2.05) is 56.6 Å². The van der Waals surface area contributed by atoms with Crippen molar-refractivity contribution in [1.82, 2.24) is 4.31 Å². The van der Waals surface area contributed by atoms with Crippen LogP contribution >= 0.6 is 0 Å². The van der Waals surface area contributed by atoms with Gasteiger partial charge in [-0.05, 0) is 29.7 Å². The molecule has 0 aromatic heterocycles. The lowest BCUT2D eigenvalue weighted by Gasteiger charge is -2.21. The predicted molar refractivity (Wildman–Crippen MR) is 135 cm³/mol. The fourth-order valence-electron chi connectivity index (χ4n) is 4.17. The maximum absolute atomic E-state index is 13.2. The Labute approximate surface area is 199 Å². The van der Waals surface area contributed by atoms with Crippen LogP contribution in [-0.2, 0) is 19.6 Å². The van der Waals surface area contributed by atoms with E-state index < -0.39 is 15.9 Å². The molecule has 1 fully saturated rings. The Morgan fingerprint density at radius 1 is 1.00 bits per heavy atom. The zero-order chi connectivity index (χ0) is 24.6. The Bertz CT molecular complexity index is 1360. The number of amides is 2. The molecule has 0 aliphatic carbocycles. The van der Waals surface area contributed by atoms with Gasteiger partial charge in [0.05, 0.1) is 27.9 Å². The molecule has 8 nitrogen and oxygen atoms in total. The van der Waals surface area contributed by atoms with Gasteiger partial charge < -0.3 is 15.1 Å². The molecule has 3 aromatic carbocycles. The van der Waals surface area contributed by atoms with Gasteiger partial charge in [-0.25, -0.2) is 12.7 Å². The molecule has 1 unspecified atom stereocenters. The molecule has 0 bridgehead atoms. The summed E-state index contributed by atoms with van der Waals surface area (Å²) in [6.45, 7) is 0.256. The SMILES string of the molecule is CN(C)c1ccc(S(=O)(=O)N(C)C)cc1NC(=O)C1CC(=O)N(c2cccc3ccccc23)C1. The summed E-state index contributed by atoms with van der Waals surface area (Å²) in [6, 6.07) is 18.2. The number of fused-ring (bicyclic) bond motifs is 1. The van der Waals surface area contributed by atoms with E-state index in [9.17, 15) is 18.0 Å². The van der Waals surface area contributed by atoms with Crippen molar-refractivity contribution in [2.75, 3.05) is 49.9 Å². The van der Waals surface area contributed by atoms with Crippen LogP contribution in [0.4, 0.5) is 17.1 Å². The molecule has 1 aliphatic rings. The van der Waals surface area contributed by atoms with Gasteiger partial charge in [-0.1, -0.05) is 36.4 Å². The molecule has 4 rings (SSSR count). The van der Waals surface area contributed by atoms with Crippen molar-refractivity contribution in [3.63, 3.8) is 0 Å². The maximum Gasteiger partial charge on any atom is 0.242 e. The van der Waals surface area contributed by atoms with Crippen LogP contribution in [0.5, 0.6) is 0 Å². The Balaban J connectivity index is 1.60. The number of anilines is 3.